The first kappa shape index (κ1) is 15.1. The second-order valence-corrected chi connectivity index (χ2v) is 5.88. The van der Waals surface area contributed by atoms with Gasteiger partial charge in [-0.05, 0) is 25.1 Å². The summed E-state index contributed by atoms with van der Waals surface area (Å²) in [6.07, 6.45) is 1.44. The molecule has 1 aromatic carbocycles. The predicted molar refractivity (Wildman–Crippen MR) is 82.2 cm³/mol. The van der Waals surface area contributed by atoms with E-state index >= 15 is 0 Å². The van der Waals surface area contributed by atoms with E-state index in [1.54, 1.807) is 31.3 Å². The number of aromatic nitrogens is 1. The molecule has 0 aliphatic carbocycles. The zero-order valence-corrected chi connectivity index (χ0v) is 12.6. The molecule has 0 unspecified atom stereocenters. The minimum Gasteiger partial charge on any atom is -0.494 e. The van der Waals surface area contributed by atoms with Gasteiger partial charge in [0, 0.05) is 25.4 Å². The number of sulfonamides is 1. The van der Waals surface area contributed by atoms with Crippen molar-refractivity contribution < 1.29 is 13.2 Å². The lowest BCUT2D eigenvalue weighted by molar-refractivity contribution is 0.340. The summed E-state index contributed by atoms with van der Waals surface area (Å²) in [5.74, 6) is 1.10. The fourth-order valence-corrected chi connectivity index (χ4v) is 2.81. The molecule has 7 heteroatoms. The molecule has 0 saturated heterocycles. The van der Waals surface area contributed by atoms with Gasteiger partial charge in [-0.25, -0.2) is 13.4 Å². The molecule has 0 aliphatic rings. The van der Waals surface area contributed by atoms with E-state index in [4.69, 9.17) is 4.74 Å². The summed E-state index contributed by atoms with van der Waals surface area (Å²) < 4.78 is 32.5. The van der Waals surface area contributed by atoms with Gasteiger partial charge in [0.1, 0.15) is 11.6 Å². The number of hydrogen-bond acceptors (Lipinski definition) is 5. The molecular weight excluding hydrogens is 290 g/mol. The van der Waals surface area contributed by atoms with Gasteiger partial charge in [0.05, 0.1) is 17.2 Å². The third-order valence-electron chi connectivity index (χ3n) is 2.70. The molecule has 0 atom stereocenters. The van der Waals surface area contributed by atoms with E-state index in [1.807, 2.05) is 6.92 Å². The average Bonchev–Trinajstić information content (AvgIpc) is 2.47. The van der Waals surface area contributed by atoms with Gasteiger partial charge in [0.25, 0.3) is 10.0 Å². The second kappa shape index (κ2) is 6.45. The van der Waals surface area contributed by atoms with E-state index in [-0.39, 0.29) is 4.90 Å². The fraction of sp³-hybridized carbons (Fsp3) is 0.214. The molecule has 0 saturated carbocycles. The Kier molecular flexibility index (Phi) is 4.64. The van der Waals surface area contributed by atoms with Crippen LogP contribution in [0.15, 0.2) is 47.5 Å². The van der Waals surface area contributed by atoms with Crippen molar-refractivity contribution in [3.05, 3.63) is 42.6 Å². The second-order valence-electron chi connectivity index (χ2n) is 4.19. The van der Waals surface area contributed by atoms with Crippen LogP contribution in [0.1, 0.15) is 6.92 Å². The third kappa shape index (κ3) is 3.85. The van der Waals surface area contributed by atoms with Crippen molar-refractivity contribution >= 4 is 21.5 Å². The Bertz CT molecular complexity index is 717. The first-order valence-corrected chi connectivity index (χ1v) is 7.93. The molecule has 21 heavy (non-hydrogen) atoms. The molecule has 6 nitrogen and oxygen atoms in total. The first-order chi connectivity index (χ1) is 10.0. The summed E-state index contributed by atoms with van der Waals surface area (Å²) in [5.41, 5.74) is 0.448. The minimum absolute atomic E-state index is 0.142. The van der Waals surface area contributed by atoms with E-state index in [0.29, 0.717) is 23.9 Å². The summed E-state index contributed by atoms with van der Waals surface area (Å²) >= 11 is 0. The molecule has 112 valence electrons. The highest BCUT2D eigenvalue weighted by atomic mass is 32.2. The highest BCUT2D eigenvalue weighted by Crippen LogP contribution is 2.21. The Morgan fingerprint density at radius 1 is 1.24 bits per heavy atom. The van der Waals surface area contributed by atoms with E-state index in [0.717, 1.165) is 0 Å². The van der Waals surface area contributed by atoms with Gasteiger partial charge in [0.2, 0.25) is 0 Å². The number of nitrogens with one attached hydrogen (secondary N) is 2. The minimum atomic E-state index is -3.66. The highest BCUT2D eigenvalue weighted by molar-refractivity contribution is 7.92. The van der Waals surface area contributed by atoms with Crippen LogP contribution in [0.3, 0.4) is 0 Å². The Morgan fingerprint density at radius 3 is 2.76 bits per heavy atom. The maximum absolute atomic E-state index is 12.3. The van der Waals surface area contributed by atoms with Gasteiger partial charge < -0.3 is 10.1 Å². The van der Waals surface area contributed by atoms with Crippen LogP contribution >= 0.6 is 0 Å². The molecule has 2 aromatic rings. The van der Waals surface area contributed by atoms with Crippen LogP contribution in [0.2, 0.25) is 0 Å². The number of hydrogen-bond donors (Lipinski definition) is 2. The van der Waals surface area contributed by atoms with Crippen molar-refractivity contribution in [1.82, 2.24) is 4.98 Å². The monoisotopic (exact) mass is 307 g/mol. The summed E-state index contributed by atoms with van der Waals surface area (Å²) in [5, 5.41) is 2.81. The van der Waals surface area contributed by atoms with Gasteiger partial charge in [-0.2, -0.15) is 0 Å². The van der Waals surface area contributed by atoms with Crippen LogP contribution in [-0.2, 0) is 10.0 Å². The van der Waals surface area contributed by atoms with Gasteiger partial charge in [-0.1, -0.05) is 6.07 Å². The maximum atomic E-state index is 12.3. The van der Waals surface area contributed by atoms with Crippen LogP contribution in [0.4, 0.5) is 11.5 Å². The molecule has 2 rings (SSSR count). The summed E-state index contributed by atoms with van der Waals surface area (Å²) in [7, 11) is -1.98. The largest absolute Gasteiger partial charge is 0.494 e. The number of pyridine rings is 1. The van der Waals surface area contributed by atoms with Crippen molar-refractivity contribution in [2.75, 3.05) is 23.7 Å². The highest BCUT2D eigenvalue weighted by Gasteiger charge is 2.15. The summed E-state index contributed by atoms with van der Waals surface area (Å²) in [6.45, 7) is 2.39. The van der Waals surface area contributed by atoms with E-state index < -0.39 is 10.0 Å². The Balaban J connectivity index is 2.26. The molecule has 0 fully saturated rings. The standard InChI is InChI=1S/C14H17N3O3S/c1-3-20-12-6-4-5-11(9-12)17-21(18,19)13-7-8-16-14(10-13)15-2/h4-10,17H,3H2,1-2H3,(H,15,16). The molecule has 0 spiro atoms. The van der Waals surface area contributed by atoms with Crippen molar-refractivity contribution in [2.45, 2.75) is 11.8 Å². The number of rotatable bonds is 6. The number of ether oxygens (including phenoxy) is 1. The number of benzene rings is 1. The van der Waals surface area contributed by atoms with Crippen molar-refractivity contribution in [2.24, 2.45) is 0 Å². The topological polar surface area (TPSA) is 80.3 Å². The summed E-state index contributed by atoms with van der Waals surface area (Å²) in [4.78, 5) is 4.14. The SMILES string of the molecule is CCOc1cccc(NS(=O)(=O)c2ccnc(NC)c2)c1. The molecule has 0 aliphatic heterocycles. The first-order valence-electron chi connectivity index (χ1n) is 6.44. The molecule has 0 amide bonds. The summed E-state index contributed by atoms with van der Waals surface area (Å²) in [6, 6.07) is 9.72. The van der Waals surface area contributed by atoms with Gasteiger partial charge in [-0.15, -0.1) is 0 Å². The normalized spacial score (nSPS) is 11.0. The van der Waals surface area contributed by atoms with Crippen molar-refractivity contribution in [3.63, 3.8) is 0 Å². The number of nitrogens with zero attached hydrogens (tertiary/aromatic N) is 1. The molecule has 2 N–H and O–H groups in total. The quantitative estimate of drug-likeness (QED) is 0.856. The van der Waals surface area contributed by atoms with Crippen molar-refractivity contribution in [3.8, 4) is 5.75 Å². The Labute approximate surface area is 124 Å². The van der Waals surface area contributed by atoms with Gasteiger partial charge in [0.15, 0.2) is 0 Å². The van der Waals surface area contributed by atoms with Crippen LogP contribution < -0.4 is 14.8 Å². The molecule has 0 bridgehead atoms. The maximum Gasteiger partial charge on any atom is 0.262 e. The van der Waals surface area contributed by atoms with E-state index in [1.165, 1.54) is 18.3 Å². The molecule has 0 radical (unpaired) electrons. The van der Waals surface area contributed by atoms with Crippen LogP contribution in [0, 0.1) is 0 Å². The zero-order chi connectivity index (χ0) is 15.3. The van der Waals surface area contributed by atoms with Crippen LogP contribution in [-0.4, -0.2) is 27.1 Å². The molecule has 1 aromatic heterocycles. The van der Waals surface area contributed by atoms with E-state index in [2.05, 4.69) is 15.0 Å². The lowest BCUT2D eigenvalue weighted by atomic mass is 10.3. The number of anilines is 2. The van der Waals surface area contributed by atoms with Crippen molar-refractivity contribution in [1.29, 1.82) is 0 Å². The molecular formula is C14H17N3O3S. The van der Waals surface area contributed by atoms with Gasteiger partial charge in [-0.3, -0.25) is 4.72 Å². The van der Waals surface area contributed by atoms with Crippen LogP contribution in [0.25, 0.3) is 0 Å². The van der Waals surface area contributed by atoms with E-state index in [9.17, 15) is 8.42 Å². The lowest BCUT2D eigenvalue weighted by Crippen LogP contribution is -2.13. The third-order valence-corrected chi connectivity index (χ3v) is 4.07. The lowest BCUT2D eigenvalue weighted by Gasteiger charge is -2.10. The zero-order valence-electron chi connectivity index (χ0n) is 11.8. The smallest absolute Gasteiger partial charge is 0.262 e. The fourth-order valence-electron chi connectivity index (χ4n) is 1.75. The van der Waals surface area contributed by atoms with Crippen LogP contribution in [0.5, 0.6) is 5.75 Å². The average molecular weight is 307 g/mol. The Hall–Kier alpha value is -2.28. The molecule has 1 heterocycles. The predicted octanol–water partition coefficient (Wildman–Crippen LogP) is 2.32. The Morgan fingerprint density at radius 2 is 2.05 bits per heavy atom. The van der Waals surface area contributed by atoms with Gasteiger partial charge >= 0.3 is 0 Å².